The van der Waals surface area contributed by atoms with Gasteiger partial charge in [-0.2, -0.15) is 5.09 Å². The van der Waals surface area contributed by atoms with E-state index < -0.39 is 54.9 Å². The first kappa shape index (κ1) is 31.9. The van der Waals surface area contributed by atoms with E-state index in [1.54, 1.807) is 6.07 Å². The molecule has 0 bridgehead atoms. The summed E-state index contributed by atoms with van der Waals surface area (Å²) >= 11 is 0. The molecule has 1 aliphatic carbocycles. The number of aromatic amines is 1. The van der Waals surface area contributed by atoms with E-state index in [1.165, 1.54) is 23.8 Å². The summed E-state index contributed by atoms with van der Waals surface area (Å²) < 4.78 is 39.0. The molecule has 1 unspecified atom stereocenters. The number of nitrogens with one attached hydrogen (secondary N) is 2. The minimum Gasteiger partial charge on any atom is -0.460 e. The molecule has 1 spiro atoms. The van der Waals surface area contributed by atoms with Crippen LogP contribution in [0.3, 0.4) is 0 Å². The van der Waals surface area contributed by atoms with Crippen molar-refractivity contribution in [1.82, 2.24) is 14.6 Å². The maximum atomic E-state index is 14.3. The van der Waals surface area contributed by atoms with Gasteiger partial charge in [-0.25, -0.2) is 9.36 Å². The molecule has 3 aromatic rings. The number of carbonyl (C=O) groups excluding carboxylic acids is 1. The Bertz CT molecular complexity index is 1650. The second-order valence-electron chi connectivity index (χ2n) is 11.7. The van der Waals surface area contributed by atoms with Crippen molar-refractivity contribution >= 4 is 13.7 Å². The Labute approximate surface area is 254 Å². The van der Waals surface area contributed by atoms with Crippen molar-refractivity contribution in [2.45, 2.75) is 77.5 Å². The molecule has 3 N–H and O–H groups in total. The number of benzene rings is 2. The van der Waals surface area contributed by atoms with Gasteiger partial charge in [-0.15, -0.1) is 0 Å². The molecule has 2 aliphatic rings. The zero-order valence-electron chi connectivity index (χ0n) is 25.1. The van der Waals surface area contributed by atoms with Gasteiger partial charge in [0, 0.05) is 17.7 Å². The molecule has 2 heterocycles. The molecular weight excluding hydrogens is 589 g/mol. The fourth-order valence-electron chi connectivity index (χ4n) is 5.40. The normalized spacial score (nSPS) is 22.5. The van der Waals surface area contributed by atoms with Gasteiger partial charge in [0.25, 0.3) is 5.56 Å². The van der Waals surface area contributed by atoms with E-state index in [4.69, 9.17) is 18.5 Å². The van der Waals surface area contributed by atoms with Gasteiger partial charge in [-0.05, 0) is 55.4 Å². The number of aliphatic hydroxyl groups excluding tert-OH is 1. The predicted molar refractivity (Wildman–Crippen MR) is 161 cm³/mol. The Morgan fingerprint density at radius 3 is 2.55 bits per heavy atom. The third-order valence-electron chi connectivity index (χ3n) is 8.02. The summed E-state index contributed by atoms with van der Waals surface area (Å²) in [6, 6.07) is 14.8. The molecule has 1 saturated carbocycles. The highest BCUT2D eigenvalue weighted by Crippen LogP contribution is 2.62. The number of hydrogen-bond donors (Lipinski definition) is 3. The van der Waals surface area contributed by atoms with Crippen molar-refractivity contribution in [1.29, 1.82) is 0 Å². The van der Waals surface area contributed by atoms with Crippen LogP contribution in [0.2, 0.25) is 0 Å². The van der Waals surface area contributed by atoms with E-state index in [0.717, 1.165) is 16.7 Å². The molecule has 2 aromatic carbocycles. The summed E-state index contributed by atoms with van der Waals surface area (Å²) in [6.07, 6.45) is -0.413. The quantitative estimate of drug-likeness (QED) is 0.198. The largest absolute Gasteiger partial charge is 0.460 e. The summed E-state index contributed by atoms with van der Waals surface area (Å²) in [5.74, 6) is -0.315. The average molecular weight is 628 g/mol. The number of hydrogen-bond acceptors (Lipinski definition) is 9. The first-order valence-corrected chi connectivity index (χ1v) is 16.1. The Kier molecular flexibility index (Phi) is 9.29. The van der Waals surface area contributed by atoms with Crippen LogP contribution in [0, 0.1) is 12.3 Å². The van der Waals surface area contributed by atoms with Crippen LogP contribution < -0.4 is 20.9 Å². The molecule has 12 nitrogen and oxygen atoms in total. The predicted octanol–water partition coefficient (Wildman–Crippen LogP) is 3.93. The molecule has 5 atom stereocenters. The number of aryl methyl sites for hydroxylation is 1. The second kappa shape index (κ2) is 12.8. The van der Waals surface area contributed by atoms with E-state index >= 15 is 0 Å². The van der Waals surface area contributed by atoms with Crippen LogP contribution in [0.1, 0.15) is 62.4 Å². The number of H-pyrrole nitrogens is 1. The Morgan fingerprint density at radius 1 is 1.16 bits per heavy atom. The summed E-state index contributed by atoms with van der Waals surface area (Å²) in [5, 5.41) is 13.9. The van der Waals surface area contributed by atoms with E-state index in [0.29, 0.717) is 18.6 Å². The molecule has 1 saturated heterocycles. The van der Waals surface area contributed by atoms with Gasteiger partial charge < -0.3 is 19.1 Å². The van der Waals surface area contributed by atoms with Crippen LogP contribution in [-0.2, 0) is 30.0 Å². The van der Waals surface area contributed by atoms with Crippen LogP contribution in [0.4, 0.5) is 0 Å². The summed E-state index contributed by atoms with van der Waals surface area (Å²) in [7, 11) is -4.30. The lowest BCUT2D eigenvalue weighted by Gasteiger charge is -2.26. The van der Waals surface area contributed by atoms with E-state index in [-0.39, 0.29) is 19.1 Å². The van der Waals surface area contributed by atoms with Crippen molar-refractivity contribution in [2.24, 2.45) is 5.41 Å². The summed E-state index contributed by atoms with van der Waals surface area (Å²) in [4.78, 5) is 39.2. The lowest BCUT2D eigenvalue weighted by molar-refractivity contribution is -0.146. The van der Waals surface area contributed by atoms with Gasteiger partial charge in [0.05, 0.1) is 12.7 Å². The van der Waals surface area contributed by atoms with Crippen LogP contribution in [-0.4, -0.2) is 45.5 Å². The number of carbonyl (C=O) groups is 1. The molecule has 44 heavy (non-hydrogen) atoms. The minimum absolute atomic E-state index is 0.0263. The highest BCUT2D eigenvalue weighted by Gasteiger charge is 2.64. The molecule has 0 amide bonds. The summed E-state index contributed by atoms with van der Waals surface area (Å²) in [5.41, 5.74) is 0.471. The first-order valence-electron chi connectivity index (χ1n) is 14.6. The zero-order chi connectivity index (χ0) is 31.6. The van der Waals surface area contributed by atoms with Gasteiger partial charge >= 0.3 is 19.4 Å². The Hall–Kier alpha value is -3.54. The highest BCUT2D eigenvalue weighted by molar-refractivity contribution is 7.52. The number of ether oxygens (including phenoxy) is 2. The molecular formula is C31H38N3O9P. The van der Waals surface area contributed by atoms with Crippen molar-refractivity contribution in [3.8, 4) is 5.75 Å². The summed E-state index contributed by atoms with van der Waals surface area (Å²) in [6.45, 7) is 6.95. The fraction of sp³-hybridized carbons (Fsp3) is 0.452. The van der Waals surface area contributed by atoms with Gasteiger partial charge in [-0.1, -0.05) is 56.3 Å². The van der Waals surface area contributed by atoms with E-state index in [9.17, 15) is 24.1 Å². The number of aromatic nitrogens is 2. The second-order valence-corrected chi connectivity index (χ2v) is 13.4. The molecule has 1 aliphatic heterocycles. The third kappa shape index (κ3) is 6.90. The molecule has 2 fully saturated rings. The highest BCUT2D eigenvalue weighted by atomic mass is 31.2. The van der Waals surface area contributed by atoms with Crippen LogP contribution in [0.15, 0.2) is 70.4 Å². The van der Waals surface area contributed by atoms with Gasteiger partial charge in [0.1, 0.15) is 30.7 Å². The number of nitrogens with zero attached hydrogens (tertiary/aromatic N) is 1. The number of rotatable bonds is 12. The van der Waals surface area contributed by atoms with Gasteiger partial charge in [0.15, 0.2) is 0 Å². The van der Waals surface area contributed by atoms with Crippen LogP contribution >= 0.6 is 7.75 Å². The minimum atomic E-state index is -4.30. The lowest BCUT2D eigenvalue weighted by atomic mass is 9.96. The Balaban J connectivity index is 1.36. The smallest absolute Gasteiger partial charge is 0.459 e. The fourth-order valence-corrected chi connectivity index (χ4v) is 6.92. The van der Waals surface area contributed by atoms with E-state index in [1.807, 2.05) is 63.2 Å². The standard InChI is InChI=1S/C31H38N3O9P/c1-19(2)23-11-10-20(3)16-24(23)43-44(39,33-21(4)28(37)40-17-22-8-6-5-7-9-22)41-18-25-27(36)31(13-14-31)29(42-25)34-15-12-26(35)32-30(34)38/h5-12,15-16,19,21,25,27,29,36H,13-14,17-18H2,1-4H3,(H,33,39)(H,32,35,38)/t21-,25+,27+,29+,44?/m0/s1. The van der Waals surface area contributed by atoms with Crippen molar-refractivity contribution in [2.75, 3.05) is 6.61 Å². The zero-order valence-corrected chi connectivity index (χ0v) is 26.0. The van der Waals surface area contributed by atoms with E-state index in [2.05, 4.69) is 10.1 Å². The maximum Gasteiger partial charge on any atom is 0.459 e. The van der Waals surface area contributed by atoms with Gasteiger partial charge in [0.2, 0.25) is 0 Å². The molecule has 0 radical (unpaired) electrons. The molecule has 1 aromatic heterocycles. The molecule has 236 valence electrons. The maximum absolute atomic E-state index is 14.3. The van der Waals surface area contributed by atoms with Crippen molar-refractivity contribution in [3.63, 3.8) is 0 Å². The van der Waals surface area contributed by atoms with Crippen LogP contribution in [0.5, 0.6) is 5.75 Å². The first-order chi connectivity index (χ1) is 20.9. The van der Waals surface area contributed by atoms with Crippen LogP contribution in [0.25, 0.3) is 0 Å². The molecule has 13 heteroatoms. The number of aliphatic hydroxyl groups is 1. The lowest BCUT2D eigenvalue weighted by Crippen LogP contribution is -2.37. The third-order valence-corrected chi connectivity index (χ3v) is 9.65. The SMILES string of the molecule is Cc1ccc(C(C)C)c(OP(=O)(N[C@@H](C)C(=O)OCc2ccccc2)OC[C@H]2O[C@@H](n3ccc(=O)[nH]c3=O)C3(CC3)[C@@H]2O)c1. The van der Waals surface area contributed by atoms with Gasteiger partial charge in [-0.3, -0.25) is 23.7 Å². The monoisotopic (exact) mass is 627 g/mol. The average Bonchev–Trinajstić information content (AvgIpc) is 3.73. The topological polar surface area (TPSA) is 158 Å². The number of esters is 1. The van der Waals surface area contributed by atoms with Crippen molar-refractivity contribution < 1.29 is 33.0 Å². The Morgan fingerprint density at radius 2 is 1.89 bits per heavy atom. The van der Waals surface area contributed by atoms with Crippen molar-refractivity contribution in [3.05, 3.63) is 98.3 Å². The molecule has 5 rings (SSSR count).